The smallest absolute Gasteiger partial charge is 0.276 e. The van der Waals surface area contributed by atoms with Gasteiger partial charge in [-0.3, -0.25) is 15.6 Å². The van der Waals surface area contributed by atoms with Gasteiger partial charge < -0.3 is 10.1 Å². The number of hydrogen-bond acceptors (Lipinski definition) is 3. The van der Waals surface area contributed by atoms with E-state index in [0.717, 1.165) is 11.1 Å². The number of nitrogens with one attached hydrogen (secondary N) is 3. The molecular weight excluding hydrogens is 262 g/mol. The quantitative estimate of drug-likeness (QED) is 0.572. The lowest BCUT2D eigenvalue weighted by molar-refractivity contribution is -0.123. The summed E-state index contributed by atoms with van der Waals surface area (Å²) in [5.41, 5.74) is 7.13. The summed E-state index contributed by atoms with van der Waals surface area (Å²) < 4.78 is 5.46. The number of carbonyl (C=O) groups excluding carboxylic acids is 1. The summed E-state index contributed by atoms with van der Waals surface area (Å²) >= 11 is 4.91. The zero-order chi connectivity index (χ0) is 14.3. The van der Waals surface area contributed by atoms with E-state index in [0.29, 0.717) is 17.4 Å². The maximum absolute atomic E-state index is 11.5. The van der Waals surface area contributed by atoms with Crippen molar-refractivity contribution in [3.63, 3.8) is 0 Å². The summed E-state index contributed by atoms with van der Waals surface area (Å²) in [6.07, 6.45) is 0. The van der Waals surface area contributed by atoms with Crippen LogP contribution in [0.3, 0.4) is 0 Å². The van der Waals surface area contributed by atoms with E-state index in [1.54, 1.807) is 0 Å². The second-order valence-electron chi connectivity index (χ2n) is 4.09. The number of carbonyl (C=O) groups is 1. The van der Waals surface area contributed by atoms with Crippen molar-refractivity contribution < 1.29 is 9.53 Å². The number of aryl methyl sites for hydroxylation is 2. The molecule has 0 spiro atoms. The molecule has 6 heteroatoms. The molecule has 0 aliphatic rings. The van der Waals surface area contributed by atoms with Gasteiger partial charge >= 0.3 is 0 Å². The first kappa shape index (κ1) is 15.2. The first-order chi connectivity index (χ1) is 9.02. The van der Waals surface area contributed by atoms with E-state index in [4.69, 9.17) is 17.0 Å². The molecule has 0 aromatic heterocycles. The van der Waals surface area contributed by atoms with Crippen LogP contribution in [0.2, 0.25) is 0 Å². The van der Waals surface area contributed by atoms with Crippen LogP contribution < -0.4 is 20.9 Å². The summed E-state index contributed by atoms with van der Waals surface area (Å²) in [6.45, 7) is 6.46. The highest BCUT2D eigenvalue weighted by molar-refractivity contribution is 7.80. The summed E-state index contributed by atoms with van der Waals surface area (Å²) in [6, 6.07) is 5.86. The number of hydrazine groups is 1. The average molecular weight is 281 g/mol. The number of ether oxygens (including phenoxy) is 1. The standard InChI is InChI=1S/C13H19N3O2S/c1-4-14-13(19)16-15-12(17)8-18-11-7-9(2)5-6-10(11)3/h5-7H,4,8H2,1-3H3,(H,15,17)(H2,14,16,19). The molecule has 1 rings (SSSR count). The fourth-order valence-electron chi connectivity index (χ4n) is 1.37. The van der Waals surface area contributed by atoms with Crippen LogP contribution in [0.1, 0.15) is 18.1 Å². The molecule has 0 saturated heterocycles. The van der Waals surface area contributed by atoms with Crippen LogP contribution in [0, 0.1) is 13.8 Å². The van der Waals surface area contributed by atoms with Crippen molar-refractivity contribution in [2.24, 2.45) is 0 Å². The molecule has 0 saturated carbocycles. The van der Waals surface area contributed by atoms with Gasteiger partial charge in [0.05, 0.1) is 0 Å². The zero-order valence-electron chi connectivity index (χ0n) is 11.4. The van der Waals surface area contributed by atoms with Crippen LogP contribution in [0.25, 0.3) is 0 Å². The van der Waals surface area contributed by atoms with Gasteiger partial charge in [0, 0.05) is 6.54 Å². The summed E-state index contributed by atoms with van der Waals surface area (Å²) in [5, 5.41) is 3.23. The summed E-state index contributed by atoms with van der Waals surface area (Å²) in [4.78, 5) is 11.5. The monoisotopic (exact) mass is 281 g/mol. The zero-order valence-corrected chi connectivity index (χ0v) is 12.2. The minimum atomic E-state index is -0.291. The van der Waals surface area contributed by atoms with Crippen molar-refractivity contribution in [3.05, 3.63) is 29.3 Å². The Kier molecular flexibility index (Phi) is 6.08. The Labute approximate surface area is 118 Å². The van der Waals surface area contributed by atoms with Gasteiger partial charge in [-0.1, -0.05) is 12.1 Å². The van der Waals surface area contributed by atoms with E-state index >= 15 is 0 Å². The first-order valence-electron chi connectivity index (χ1n) is 6.05. The van der Waals surface area contributed by atoms with Gasteiger partial charge in [0.2, 0.25) is 0 Å². The Morgan fingerprint density at radius 1 is 1.32 bits per heavy atom. The normalized spacial score (nSPS) is 9.63. The van der Waals surface area contributed by atoms with E-state index in [2.05, 4.69) is 16.2 Å². The highest BCUT2D eigenvalue weighted by Crippen LogP contribution is 2.18. The predicted molar refractivity (Wildman–Crippen MR) is 79.0 cm³/mol. The second kappa shape index (κ2) is 7.58. The van der Waals surface area contributed by atoms with Crippen molar-refractivity contribution in [2.75, 3.05) is 13.2 Å². The lowest BCUT2D eigenvalue weighted by atomic mass is 10.1. The molecule has 104 valence electrons. The molecule has 0 unspecified atom stereocenters. The van der Waals surface area contributed by atoms with Gasteiger partial charge in [-0.15, -0.1) is 0 Å². The summed E-state index contributed by atoms with van der Waals surface area (Å²) in [7, 11) is 0. The van der Waals surface area contributed by atoms with Gasteiger partial charge in [-0.25, -0.2) is 0 Å². The molecular formula is C13H19N3O2S. The second-order valence-corrected chi connectivity index (χ2v) is 4.50. The Hall–Kier alpha value is -1.82. The van der Waals surface area contributed by atoms with Gasteiger partial charge in [0.15, 0.2) is 11.7 Å². The van der Waals surface area contributed by atoms with E-state index < -0.39 is 0 Å². The SMILES string of the molecule is CCNC(=S)NNC(=O)COc1cc(C)ccc1C. The Balaban J connectivity index is 2.38. The fourth-order valence-corrected chi connectivity index (χ4v) is 1.57. The topological polar surface area (TPSA) is 62.4 Å². The molecule has 3 N–H and O–H groups in total. The van der Waals surface area contributed by atoms with Crippen molar-refractivity contribution in [1.29, 1.82) is 0 Å². The molecule has 1 aromatic rings. The number of amides is 1. The van der Waals surface area contributed by atoms with Crippen LogP contribution in [0.15, 0.2) is 18.2 Å². The van der Waals surface area contributed by atoms with Crippen molar-refractivity contribution in [3.8, 4) is 5.75 Å². The number of hydrogen-bond donors (Lipinski definition) is 3. The van der Waals surface area contributed by atoms with Gasteiger partial charge in [0.1, 0.15) is 5.75 Å². The van der Waals surface area contributed by atoms with Crippen LogP contribution in [-0.4, -0.2) is 24.2 Å². The maximum atomic E-state index is 11.5. The van der Waals surface area contributed by atoms with Crippen LogP contribution in [0.5, 0.6) is 5.75 Å². The van der Waals surface area contributed by atoms with Crippen molar-refractivity contribution >= 4 is 23.2 Å². The number of rotatable bonds is 4. The predicted octanol–water partition coefficient (Wildman–Crippen LogP) is 1.20. The molecule has 5 nitrogen and oxygen atoms in total. The largest absolute Gasteiger partial charge is 0.483 e. The van der Waals surface area contributed by atoms with Crippen LogP contribution >= 0.6 is 12.2 Å². The highest BCUT2D eigenvalue weighted by Gasteiger charge is 2.05. The molecule has 1 amide bonds. The molecule has 0 heterocycles. The molecule has 19 heavy (non-hydrogen) atoms. The van der Waals surface area contributed by atoms with E-state index in [-0.39, 0.29) is 12.5 Å². The summed E-state index contributed by atoms with van der Waals surface area (Å²) in [5.74, 6) is 0.422. The minimum absolute atomic E-state index is 0.0635. The number of thiocarbonyl (C=S) groups is 1. The molecule has 0 radical (unpaired) electrons. The fraction of sp³-hybridized carbons (Fsp3) is 0.385. The molecule has 0 fully saturated rings. The van der Waals surface area contributed by atoms with Crippen molar-refractivity contribution in [1.82, 2.24) is 16.2 Å². The molecule has 1 aromatic carbocycles. The van der Waals surface area contributed by atoms with Crippen LogP contribution in [0.4, 0.5) is 0 Å². The third kappa shape index (κ3) is 5.56. The average Bonchev–Trinajstić information content (AvgIpc) is 2.38. The van der Waals surface area contributed by atoms with E-state index in [9.17, 15) is 4.79 Å². The molecule has 0 aliphatic carbocycles. The Morgan fingerprint density at radius 3 is 2.74 bits per heavy atom. The maximum Gasteiger partial charge on any atom is 0.276 e. The highest BCUT2D eigenvalue weighted by atomic mass is 32.1. The van der Waals surface area contributed by atoms with Crippen LogP contribution in [-0.2, 0) is 4.79 Å². The molecule has 0 atom stereocenters. The lowest BCUT2D eigenvalue weighted by Crippen LogP contribution is -2.48. The van der Waals surface area contributed by atoms with Gasteiger partial charge in [0.25, 0.3) is 5.91 Å². The lowest BCUT2D eigenvalue weighted by Gasteiger charge is -2.12. The van der Waals surface area contributed by atoms with Gasteiger partial charge in [-0.2, -0.15) is 0 Å². The Morgan fingerprint density at radius 2 is 2.05 bits per heavy atom. The first-order valence-corrected chi connectivity index (χ1v) is 6.46. The van der Waals surface area contributed by atoms with E-state index in [1.165, 1.54) is 0 Å². The van der Waals surface area contributed by atoms with E-state index in [1.807, 2.05) is 39.0 Å². The molecule has 0 aliphatic heterocycles. The third-order valence-electron chi connectivity index (χ3n) is 2.36. The molecule has 0 bridgehead atoms. The third-order valence-corrected chi connectivity index (χ3v) is 2.60. The minimum Gasteiger partial charge on any atom is -0.483 e. The number of benzene rings is 1. The van der Waals surface area contributed by atoms with Gasteiger partial charge in [-0.05, 0) is 50.2 Å². The van der Waals surface area contributed by atoms with Crippen molar-refractivity contribution in [2.45, 2.75) is 20.8 Å². The Bertz CT molecular complexity index is 463.